The van der Waals surface area contributed by atoms with Gasteiger partial charge in [-0.2, -0.15) is 5.10 Å². The summed E-state index contributed by atoms with van der Waals surface area (Å²) >= 11 is 0. The Morgan fingerprint density at radius 2 is 1.60 bits per heavy atom. The van der Waals surface area contributed by atoms with Gasteiger partial charge in [0.05, 0.1) is 12.6 Å². The molecule has 2 aromatic carbocycles. The molecule has 1 saturated heterocycles. The van der Waals surface area contributed by atoms with Crippen molar-refractivity contribution in [3.05, 3.63) is 100.0 Å². The number of benzene rings is 2. The number of likely N-dealkylation sites (tertiary alicyclic amines) is 1. The number of nitrogens with zero attached hydrogens (tertiary/aromatic N) is 3. The van der Waals surface area contributed by atoms with Gasteiger partial charge in [0.2, 0.25) is 0 Å². The van der Waals surface area contributed by atoms with E-state index in [9.17, 15) is 9.59 Å². The van der Waals surface area contributed by atoms with Gasteiger partial charge in [-0.3, -0.25) is 14.5 Å². The molecule has 6 nitrogen and oxygen atoms in total. The summed E-state index contributed by atoms with van der Waals surface area (Å²) in [6.45, 7) is 2.91. The largest absolute Gasteiger partial charge is 0.349 e. The predicted octanol–water partition coefficient (Wildman–Crippen LogP) is 2.86. The first-order chi connectivity index (χ1) is 14.7. The van der Waals surface area contributed by atoms with Crippen LogP contribution in [0.15, 0.2) is 77.6 Å². The third kappa shape index (κ3) is 4.83. The maximum Gasteiger partial charge on any atom is 0.271 e. The molecule has 0 radical (unpaired) electrons. The molecule has 1 unspecified atom stereocenters. The summed E-state index contributed by atoms with van der Waals surface area (Å²) in [7, 11) is 0. The summed E-state index contributed by atoms with van der Waals surface area (Å²) < 4.78 is 1.33. The Balaban J connectivity index is 1.47. The summed E-state index contributed by atoms with van der Waals surface area (Å²) in [6.07, 6.45) is 2.37. The molecule has 1 fully saturated rings. The van der Waals surface area contributed by atoms with Crippen molar-refractivity contribution in [3.63, 3.8) is 0 Å². The highest BCUT2D eigenvalue weighted by Crippen LogP contribution is 2.24. The van der Waals surface area contributed by atoms with E-state index in [0.29, 0.717) is 13.1 Å². The van der Waals surface area contributed by atoms with Crippen LogP contribution in [0.25, 0.3) is 0 Å². The number of carbonyl (C=O) groups is 1. The van der Waals surface area contributed by atoms with E-state index in [1.54, 1.807) is 0 Å². The lowest BCUT2D eigenvalue weighted by Gasteiger charge is -2.28. The van der Waals surface area contributed by atoms with Gasteiger partial charge in [0, 0.05) is 12.6 Å². The van der Waals surface area contributed by atoms with Crippen molar-refractivity contribution in [1.29, 1.82) is 0 Å². The summed E-state index contributed by atoms with van der Waals surface area (Å²) in [4.78, 5) is 27.4. The second kappa shape index (κ2) is 9.50. The van der Waals surface area contributed by atoms with E-state index >= 15 is 0 Å². The van der Waals surface area contributed by atoms with Crippen molar-refractivity contribution in [2.75, 3.05) is 19.6 Å². The minimum Gasteiger partial charge on any atom is -0.349 e. The van der Waals surface area contributed by atoms with Crippen LogP contribution in [0.2, 0.25) is 0 Å². The van der Waals surface area contributed by atoms with Crippen LogP contribution in [-0.2, 0) is 6.54 Å². The molecular weight excluding hydrogens is 376 g/mol. The SMILES string of the molecule is O=C(NCC(c1ccccc1)N1CCCC1)c1ccc(=O)n(Cc2ccccc2)n1. The number of rotatable bonds is 7. The number of hydrogen-bond donors (Lipinski definition) is 1. The van der Waals surface area contributed by atoms with E-state index in [0.717, 1.165) is 18.7 Å². The summed E-state index contributed by atoms with van der Waals surface area (Å²) in [5, 5.41) is 7.32. The van der Waals surface area contributed by atoms with Crippen LogP contribution < -0.4 is 10.9 Å². The average molecular weight is 402 g/mol. The van der Waals surface area contributed by atoms with Gasteiger partial charge in [-0.25, -0.2) is 4.68 Å². The fourth-order valence-electron chi connectivity index (χ4n) is 3.91. The van der Waals surface area contributed by atoms with Crippen LogP contribution in [-0.4, -0.2) is 40.2 Å². The molecule has 1 aromatic heterocycles. The van der Waals surface area contributed by atoms with Crippen LogP contribution in [0.5, 0.6) is 0 Å². The number of nitrogens with one attached hydrogen (secondary N) is 1. The number of hydrogen-bond acceptors (Lipinski definition) is 4. The number of carbonyl (C=O) groups excluding carboxylic acids is 1. The molecule has 1 aliphatic rings. The molecule has 3 aromatic rings. The molecular formula is C24H26N4O2. The molecule has 1 N–H and O–H groups in total. The van der Waals surface area contributed by atoms with Gasteiger partial charge >= 0.3 is 0 Å². The van der Waals surface area contributed by atoms with Crippen molar-refractivity contribution < 1.29 is 4.79 Å². The highest BCUT2D eigenvalue weighted by atomic mass is 16.2. The van der Waals surface area contributed by atoms with Gasteiger partial charge in [-0.05, 0) is 43.1 Å². The van der Waals surface area contributed by atoms with Gasteiger partial charge in [-0.15, -0.1) is 0 Å². The van der Waals surface area contributed by atoms with Crippen molar-refractivity contribution in [3.8, 4) is 0 Å². The molecule has 30 heavy (non-hydrogen) atoms. The van der Waals surface area contributed by atoms with Crippen LogP contribution in [0, 0.1) is 0 Å². The van der Waals surface area contributed by atoms with Crippen molar-refractivity contribution in [1.82, 2.24) is 20.0 Å². The van der Waals surface area contributed by atoms with Gasteiger partial charge in [0.1, 0.15) is 5.69 Å². The molecule has 4 rings (SSSR count). The number of amides is 1. The van der Waals surface area contributed by atoms with Crippen molar-refractivity contribution in [2.24, 2.45) is 0 Å². The number of aromatic nitrogens is 2. The van der Waals surface area contributed by atoms with E-state index in [1.165, 1.54) is 35.2 Å². The minimum absolute atomic E-state index is 0.132. The van der Waals surface area contributed by atoms with E-state index in [2.05, 4.69) is 27.4 Å². The Morgan fingerprint density at radius 1 is 0.933 bits per heavy atom. The smallest absolute Gasteiger partial charge is 0.271 e. The maximum absolute atomic E-state index is 12.8. The second-order valence-electron chi connectivity index (χ2n) is 7.58. The zero-order chi connectivity index (χ0) is 20.8. The van der Waals surface area contributed by atoms with E-state index < -0.39 is 0 Å². The molecule has 0 spiro atoms. The van der Waals surface area contributed by atoms with E-state index in [-0.39, 0.29) is 23.2 Å². The maximum atomic E-state index is 12.8. The van der Waals surface area contributed by atoms with Crippen LogP contribution in [0.4, 0.5) is 0 Å². The summed E-state index contributed by atoms with van der Waals surface area (Å²) in [6, 6.07) is 22.9. The normalized spacial score (nSPS) is 15.1. The molecule has 1 atom stereocenters. The second-order valence-corrected chi connectivity index (χ2v) is 7.58. The Bertz CT molecular complexity index is 1030. The molecule has 2 heterocycles. The predicted molar refractivity (Wildman–Crippen MR) is 116 cm³/mol. The Kier molecular flexibility index (Phi) is 6.35. The topological polar surface area (TPSA) is 67.2 Å². The monoisotopic (exact) mass is 402 g/mol. The van der Waals surface area contributed by atoms with Crippen LogP contribution in [0.1, 0.15) is 40.5 Å². The van der Waals surface area contributed by atoms with Gasteiger partial charge in [0.15, 0.2) is 0 Å². The lowest BCUT2D eigenvalue weighted by Crippen LogP contribution is -2.37. The van der Waals surface area contributed by atoms with Gasteiger partial charge in [-0.1, -0.05) is 60.7 Å². The lowest BCUT2D eigenvalue weighted by molar-refractivity contribution is 0.0930. The molecule has 1 aliphatic heterocycles. The third-order valence-electron chi connectivity index (χ3n) is 5.50. The highest BCUT2D eigenvalue weighted by molar-refractivity contribution is 5.92. The quantitative estimate of drug-likeness (QED) is 0.660. The van der Waals surface area contributed by atoms with E-state index in [4.69, 9.17) is 0 Å². The average Bonchev–Trinajstić information content (AvgIpc) is 3.31. The molecule has 0 bridgehead atoms. The highest BCUT2D eigenvalue weighted by Gasteiger charge is 2.24. The molecule has 154 valence electrons. The van der Waals surface area contributed by atoms with Crippen LogP contribution >= 0.6 is 0 Å². The van der Waals surface area contributed by atoms with Crippen molar-refractivity contribution >= 4 is 5.91 Å². The fraction of sp³-hybridized carbons (Fsp3) is 0.292. The zero-order valence-corrected chi connectivity index (χ0v) is 16.9. The zero-order valence-electron chi connectivity index (χ0n) is 16.9. The third-order valence-corrected chi connectivity index (χ3v) is 5.50. The van der Waals surface area contributed by atoms with Crippen LogP contribution in [0.3, 0.4) is 0 Å². The lowest BCUT2D eigenvalue weighted by atomic mass is 10.1. The molecule has 0 saturated carbocycles. The van der Waals surface area contributed by atoms with Gasteiger partial charge < -0.3 is 5.32 Å². The minimum atomic E-state index is -0.267. The molecule has 0 aliphatic carbocycles. The summed E-state index contributed by atoms with van der Waals surface area (Å²) in [5.41, 5.74) is 2.18. The van der Waals surface area contributed by atoms with E-state index in [1.807, 2.05) is 48.5 Å². The standard InChI is InChI=1S/C24H26N4O2/c29-23-14-13-21(26-28(23)18-19-9-3-1-4-10-19)24(30)25-17-22(27-15-7-8-16-27)20-11-5-2-6-12-20/h1-6,9-14,22H,7-8,15-18H2,(H,25,30). The first kappa shape index (κ1) is 20.0. The molecule has 6 heteroatoms. The Morgan fingerprint density at radius 3 is 2.30 bits per heavy atom. The van der Waals surface area contributed by atoms with Crippen molar-refractivity contribution in [2.45, 2.75) is 25.4 Å². The molecule has 1 amide bonds. The fourth-order valence-corrected chi connectivity index (χ4v) is 3.91. The van der Waals surface area contributed by atoms with Gasteiger partial charge in [0.25, 0.3) is 11.5 Å². The summed E-state index contributed by atoms with van der Waals surface area (Å²) in [5.74, 6) is -0.267. The first-order valence-electron chi connectivity index (χ1n) is 10.4. The Hall–Kier alpha value is -3.25. The first-order valence-corrected chi connectivity index (χ1v) is 10.4. The Labute approximate surface area is 176 Å².